The molecule has 1 aromatic heterocycles. The second-order valence-corrected chi connectivity index (χ2v) is 6.08. The molecule has 2 heterocycles. The summed E-state index contributed by atoms with van der Waals surface area (Å²) in [5.74, 6) is 0.282. The van der Waals surface area contributed by atoms with Crippen LogP contribution in [0.25, 0.3) is 10.2 Å². The summed E-state index contributed by atoms with van der Waals surface area (Å²) in [4.78, 5) is 18.9. The number of amides is 1. The van der Waals surface area contributed by atoms with Gasteiger partial charge in [-0.3, -0.25) is 4.79 Å². The minimum absolute atomic E-state index is 0.205. The molecule has 1 amide bonds. The molecule has 0 bridgehead atoms. The summed E-state index contributed by atoms with van der Waals surface area (Å²) in [6.07, 6.45) is 3.72. The first-order chi connectivity index (χ1) is 9.29. The Bertz CT molecular complexity index is 560. The lowest BCUT2D eigenvalue weighted by atomic mass is 10.2. The van der Waals surface area contributed by atoms with Crippen LogP contribution in [0.15, 0.2) is 24.3 Å². The van der Waals surface area contributed by atoms with Crippen LogP contribution < -0.4 is 0 Å². The molecule has 2 aromatic rings. The summed E-state index contributed by atoms with van der Waals surface area (Å²) in [6, 6.07) is 8.41. The maximum atomic E-state index is 12.1. The van der Waals surface area contributed by atoms with Crippen molar-refractivity contribution in [3.8, 4) is 0 Å². The van der Waals surface area contributed by atoms with Gasteiger partial charge in [0.05, 0.1) is 16.3 Å². The number of aromatic nitrogens is 1. The Morgan fingerprint density at radius 1 is 1.47 bits per heavy atom. The van der Waals surface area contributed by atoms with Gasteiger partial charge in [0.1, 0.15) is 5.01 Å². The highest BCUT2D eigenvalue weighted by Gasteiger charge is 2.31. The normalized spacial score (nSPS) is 19.2. The van der Waals surface area contributed by atoms with E-state index in [1.54, 1.807) is 11.3 Å². The third kappa shape index (κ3) is 2.37. The van der Waals surface area contributed by atoms with E-state index in [-0.39, 0.29) is 11.9 Å². The number of thiazole rings is 1. The highest BCUT2D eigenvalue weighted by Crippen LogP contribution is 2.36. The summed E-state index contributed by atoms with van der Waals surface area (Å²) in [6.45, 7) is 2.94. The minimum Gasteiger partial charge on any atom is -0.333 e. The van der Waals surface area contributed by atoms with Crippen molar-refractivity contribution in [3.63, 3.8) is 0 Å². The number of carbonyl (C=O) groups excluding carboxylic acids is 1. The van der Waals surface area contributed by atoms with E-state index in [4.69, 9.17) is 4.98 Å². The van der Waals surface area contributed by atoms with Gasteiger partial charge in [-0.25, -0.2) is 4.98 Å². The van der Waals surface area contributed by atoms with Gasteiger partial charge in [0.2, 0.25) is 5.91 Å². The number of benzene rings is 1. The van der Waals surface area contributed by atoms with E-state index >= 15 is 0 Å². The second-order valence-electron chi connectivity index (χ2n) is 5.01. The summed E-state index contributed by atoms with van der Waals surface area (Å²) in [5, 5.41) is 1.10. The lowest BCUT2D eigenvalue weighted by Crippen LogP contribution is -2.30. The average Bonchev–Trinajstić information content (AvgIpc) is 3.05. The standard InChI is InChI=1S/C15H18N2OS/c1-2-6-14(18)17-10-5-8-12(17)15-16-11-7-3-4-9-13(11)19-15/h3-4,7,9,12H,2,5-6,8,10H2,1H3. The molecular weight excluding hydrogens is 256 g/mol. The molecule has 0 radical (unpaired) electrons. The monoisotopic (exact) mass is 274 g/mol. The minimum atomic E-state index is 0.205. The van der Waals surface area contributed by atoms with E-state index in [1.165, 1.54) is 4.70 Å². The van der Waals surface area contributed by atoms with Gasteiger partial charge in [0, 0.05) is 13.0 Å². The number of carbonyl (C=O) groups is 1. The third-order valence-corrected chi connectivity index (χ3v) is 4.77. The van der Waals surface area contributed by atoms with Gasteiger partial charge in [-0.15, -0.1) is 11.3 Å². The number of rotatable bonds is 3. The molecule has 4 heteroatoms. The van der Waals surface area contributed by atoms with Crippen molar-refractivity contribution in [1.29, 1.82) is 0 Å². The first-order valence-corrected chi connectivity index (χ1v) is 7.76. The Balaban J connectivity index is 1.89. The zero-order valence-corrected chi connectivity index (χ0v) is 11.9. The number of nitrogens with zero attached hydrogens (tertiary/aromatic N) is 2. The fourth-order valence-electron chi connectivity index (χ4n) is 2.71. The molecule has 1 fully saturated rings. The summed E-state index contributed by atoms with van der Waals surface area (Å²) in [5.41, 5.74) is 1.05. The average molecular weight is 274 g/mol. The SMILES string of the molecule is CCCC(=O)N1CCCC1c1nc2ccccc2s1. The number of fused-ring (bicyclic) bond motifs is 1. The first-order valence-electron chi connectivity index (χ1n) is 6.94. The summed E-state index contributed by atoms with van der Waals surface area (Å²) in [7, 11) is 0. The number of hydrogen-bond donors (Lipinski definition) is 0. The molecule has 0 spiro atoms. The van der Waals surface area contributed by atoms with Crippen molar-refractivity contribution in [2.24, 2.45) is 0 Å². The van der Waals surface area contributed by atoms with E-state index in [0.717, 1.165) is 36.3 Å². The molecule has 1 saturated heterocycles. The van der Waals surface area contributed by atoms with Gasteiger partial charge in [-0.1, -0.05) is 19.1 Å². The first kappa shape index (κ1) is 12.6. The van der Waals surface area contributed by atoms with Crippen molar-refractivity contribution < 1.29 is 4.79 Å². The molecule has 0 saturated carbocycles. The van der Waals surface area contributed by atoms with Crippen LogP contribution in [0, 0.1) is 0 Å². The molecule has 3 rings (SSSR count). The van der Waals surface area contributed by atoms with Gasteiger partial charge < -0.3 is 4.90 Å². The smallest absolute Gasteiger partial charge is 0.223 e. The van der Waals surface area contributed by atoms with Crippen LogP contribution in [0.3, 0.4) is 0 Å². The Hall–Kier alpha value is -1.42. The van der Waals surface area contributed by atoms with Crippen LogP contribution in [-0.2, 0) is 4.79 Å². The van der Waals surface area contributed by atoms with Crippen molar-refractivity contribution in [1.82, 2.24) is 9.88 Å². The van der Waals surface area contributed by atoms with Crippen molar-refractivity contribution in [3.05, 3.63) is 29.3 Å². The van der Waals surface area contributed by atoms with Crippen LogP contribution in [0.2, 0.25) is 0 Å². The van der Waals surface area contributed by atoms with E-state index in [9.17, 15) is 4.79 Å². The number of hydrogen-bond acceptors (Lipinski definition) is 3. The molecule has 3 nitrogen and oxygen atoms in total. The van der Waals surface area contributed by atoms with E-state index in [0.29, 0.717) is 6.42 Å². The Morgan fingerprint density at radius 3 is 3.11 bits per heavy atom. The fourth-order valence-corrected chi connectivity index (χ4v) is 3.83. The summed E-state index contributed by atoms with van der Waals surface area (Å²) >= 11 is 1.73. The maximum Gasteiger partial charge on any atom is 0.223 e. The molecule has 0 aliphatic carbocycles. The zero-order chi connectivity index (χ0) is 13.2. The molecule has 1 aromatic carbocycles. The van der Waals surface area contributed by atoms with Crippen molar-refractivity contribution in [2.45, 2.75) is 38.6 Å². The highest BCUT2D eigenvalue weighted by molar-refractivity contribution is 7.18. The van der Waals surface area contributed by atoms with E-state index in [2.05, 4.69) is 13.0 Å². The predicted octanol–water partition coefficient (Wildman–Crippen LogP) is 3.76. The van der Waals surface area contributed by atoms with E-state index in [1.807, 2.05) is 23.1 Å². The molecule has 1 atom stereocenters. The van der Waals surface area contributed by atoms with Crippen molar-refractivity contribution >= 4 is 27.5 Å². The molecule has 0 N–H and O–H groups in total. The lowest BCUT2D eigenvalue weighted by molar-refractivity contribution is -0.132. The quantitative estimate of drug-likeness (QED) is 0.853. The predicted molar refractivity (Wildman–Crippen MR) is 78.2 cm³/mol. The lowest BCUT2D eigenvalue weighted by Gasteiger charge is -2.22. The van der Waals surface area contributed by atoms with Gasteiger partial charge in [-0.05, 0) is 31.4 Å². The van der Waals surface area contributed by atoms with Crippen LogP contribution in [0.1, 0.15) is 43.7 Å². The second kappa shape index (κ2) is 5.29. The molecule has 100 valence electrons. The van der Waals surface area contributed by atoms with Crippen LogP contribution in [-0.4, -0.2) is 22.3 Å². The zero-order valence-electron chi connectivity index (χ0n) is 11.1. The van der Waals surface area contributed by atoms with Crippen molar-refractivity contribution in [2.75, 3.05) is 6.54 Å². The fraction of sp³-hybridized carbons (Fsp3) is 0.467. The molecular formula is C15H18N2OS. The molecule has 1 aliphatic rings. The van der Waals surface area contributed by atoms with Crippen LogP contribution in [0.4, 0.5) is 0 Å². The van der Waals surface area contributed by atoms with Crippen LogP contribution >= 0.6 is 11.3 Å². The van der Waals surface area contributed by atoms with Crippen LogP contribution in [0.5, 0.6) is 0 Å². The largest absolute Gasteiger partial charge is 0.333 e. The van der Waals surface area contributed by atoms with Gasteiger partial charge in [0.25, 0.3) is 0 Å². The topological polar surface area (TPSA) is 33.2 Å². The number of para-hydroxylation sites is 1. The van der Waals surface area contributed by atoms with Gasteiger partial charge in [0.15, 0.2) is 0 Å². The Kier molecular flexibility index (Phi) is 3.51. The maximum absolute atomic E-state index is 12.1. The Morgan fingerprint density at radius 2 is 2.32 bits per heavy atom. The van der Waals surface area contributed by atoms with Gasteiger partial charge >= 0.3 is 0 Å². The molecule has 19 heavy (non-hydrogen) atoms. The molecule has 1 unspecified atom stereocenters. The Labute approximate surface area is 117 Å². The van der Waals surface area contributed by atoms with E-state index < -0.39 is 0 Å². The highest BCUT2D eigenvalue weighted by atomic mass is 32.1. The number of likely N-dealkylation sites (tertiary alicyclic amines) is 1. The van der Waals surface area contributed by atoms with Gasteiger partial charge in [-0.2, -0.15) is 0 Å². The molecule has 1 aliphatic heterocycles. The summed E-state index contributed by atoms with van der Waals surface area (Å²) < 4.78 is 1.22. The third-order valence-electron chi connectivity index (χ3n) is 3.63.